The summed E-state index contributed by atoms with van der Waals surface area (Å²) in [6.07, 6.45) is 4.20. The second-order valence-electron chi connectivity index (χ2n) is 5.85. The highest BCUT2D eigenvalue weighted by atomic mass is 32.2. The molecule has 0 radical (unpaired) electrons. The number of rotatable bonds is 4. The van der Waals surface area contributed by atoms with E-state index in [2.05, 4.69) is 0 Å². The van der Waals surface area contributed by atoms with Gasteiger partial charge in [-0.3, -0.25) is 0 Å². The number of carboxylic acid groups (broad SMARTS) is 1. The third-order valence-corrected chi connectivity index (χ3v) is 6.55. The van der Waals surface area contributed by atoms with Crippen LogP contribution in [0.5, 0.6) is 5.75 Å². The Morgan fingerprint density at radius 1 is 1.32 bits per heavy atom. The number of carboxylic acids is 1. The van der Waals surface area contributed by atoms with E-state index in [0.717, 1.165) is 19.3 Å². The van der Waals surface area contributed by atoms with Crippen LogP contribution < -0.4 is 4.74 Å². The van der Waals surface area contributed by atoms with Crippen molar-refractivity contribution in [2.24, 2.45) is 5.92 Å². The van der Waals surface area contributed by atoms with Crippen LogP contribution in [0.25, 0.3) is 0 Å². The average Bonchev–Trinajstić information content (AvgIpc) is 2.47. The Hall–Kier alpha value is -1.60. The molecule has 1 aliphatic heterocycles. The first-order chi connectivity index (χ1) is 10.4. The number of methoxy groups -OCH3 is 1. The fourth-order valence-corrected chi connectivity index (χ4v) is 5.23. The van der Waals surface area contributed by atoms with Crippen LogP contribution >= 0.6 is 0 Å². The molecule has 1 saturated heterocycles. The lowest BCUT2D eigenvalue weighted by Crippen LogP contribution is -2.59. The first-order valence-electron chi connectivity index (χ1n) is 7.38. The smallest absolute Gasteiger partial charge is 0.339 e. The topological polar surface area (TPSA) is 83.9 Å². The molecule has 1 aliphatic carbocycles. The summed E-state index contributed by atoms with van der Waals surface area (Å²) in [6, 6.07) is 4.08. The van der Waals surface area contributed by atoms with Crippen molar-refractivity contribution in [3.05, 3.63) is 23.8 Å². The van der Waals surface area contributed by atoms with Gasteiger partial charge in [0.1, 0.15) is 11.3 Å². The van der Waals surface area contributed by atoms with E-state index in [9.17, 15) is 18.3 Å². The van der Waals surface area contributed by atoms with E-state index >= 15 is 0 Å². The highest BCUT2D eigenvalue weighted by Gasteiger charge is 2.46. The van der Waals surface area contributed by atoms with E-state index in [-0.39, 0.29) is 22.3 Å². The normalized spacial score (nSPS) is 25.1. The van der Waals surface area contributed by atoms with E-state index in [4.69, 9.17) is 4.74 Å². The summed E-state index contributed by atoms with van der Waals surface area (Å²) < 4.78 is 32.0. The lowest BCUT2D eigenvalue weighted by molar-refractivity contribution is 0.0601. The molecule has 0 aromatic heterocycles. The molecular formula is C15H19NO5S. The van der Waals surface area contributed by atoms with Crippen molar-refractivity contribution < 1.29 is 23.1 Å². The fraction of sp³-hybridized carbons (Fsp3) is 0.533. The first-order valence-corrected chi connectivity index (χ1v) is 8.82. The molecule has 0 bridgehead atoms. The number of nitrogens with zero attached hydrogens (tertiary/aromatic N) is 1. The molecule has 6 nitrogen and oxygen atoms in total. The standard InChI is InChI=1S/C15H19NO5S/c1-21-14-7-6-11(8-12(14)15(17)18)22(19,20)16-9-10-4-2-3-5-13(10)16/h6-8,10,13H,2-5,9H2,1H3,(H,17,18)/t10-,13-/m1/s1. The van der Waals surface area contributed by atoms with Crippen LogP contribution in [0, 0.1) is 5.92 Å². The first kappa shape index (κ1) is 15.3. The zero-order valence-corrected chi connectivity index (χ0v) is 13.2. The summed E-state index contributed by atoms with van der Waals surface area (Å²) in [5.41, 5.74) is -0.135. The number of ether oxygens (including phenoxy) is 1. The Labute approximate surface area is 129 Å². The van der Waals surface area contributed by atoms with Gasteiger partial charge in [-0.15, -0.1) is 0 Å². The van der Waals surface area contributed by atoms with E-state index in [1.165, 1.54) is 36.0 Å². The number of aromatic carboxylic acids is 1. The molecule has 1 N–H and O–H groups in total. The molecule has 120 valence electrons. The Morgan fingerprint density at radius 3 is 2.68 bits per heavy atom. The van der Waals surface area contributed by atoms with Gasteiger partial charge in [-0.2, -0.15) is 4.31 Å². The Balaban J connectivity index is 1.93. The van der Waals surface area contributed by atoms with Crippen molar-refractivity contribution in [2.45, 2.75) is 36.6 Å². The van der Waals surface area contributed by atoms with Gasteiger partial charge in [0.2, 0.25) is 10.0 Å². The molecule has 2 fully saturated rings. The number of hydrogen-bond acceptors (Lipinski definition) is 4. The Bertz CT molecular complexity index is 700. The molecule has 2 atom stereocenters. The van der Waals surface area contributed by atoms with E-state index < -0.39 is 16.0 Å². The summed E-state index contributed by atoms with van der Waals surface area (Å²) in [7, 11) is -2.28. The van der Waals surface area contributed by atoms with Gasteiger partial charge in [0, 0.05) is 12.6 Å². The van der Waals surface area contributed by atoms with Crippen LogP contribution in [0.3, 0.4) is 0 Å². The molecule has 1 heterocycles. The molecule has 7 heteroatoms. The quantitative estimate of drug-likeness (QED) is 0.915. The summed E-state index contributed by atoms with van der Waals surface area (Å²) in [6.45, 7) is 0.543. The third kappa shape index (κ3) is 2.38. The van der Waals surface area contributed by atoms with Crippen molar-refractivity contribution in [3.63, 3.8) is 0 Å². The summed E-state index contributed by atoms with van der Waals surface area (Å²) >= 11 is 0. The van der Waals surface area contributed by atoms with Gasteiger partial charge in [0.15, 0.2) is 0 Å². The maximum Gasteiger partial charge on any atom is 0.339 e. The van der Waals surface area contributed by atoms with Crippen molar-refractivity contribution >= 4 is 16.0 Å². The maximum absolute atomic E-state index is 12.7. The van der Waals surface area contributed by atoms with Crippen molar-refractivity contribution in [1.29, 1.82) is 0 Å². The number of fused-ring (bicyclic) bond motifs is 1. The zero-order chi connectivity index (χ0) is 15.9. The molecule has 0 unspecified atom stereocenters. The number of sulfonamides is 1. The van der Waals surface area contributed by atoms with Crippen LogP contribution in [0.1, 0.15) is 36.0 Å². The predicted octanol–water partition coefficient (Wildman–Crippen LogP) is 1.96. The van der Waals surface area contributed by atoms with Gasteiger partial charge in [-0.05, 0) is 37.0 Å². The second-order valence-corrected chi connectivity index (χ2v) is 7.74. The van der Waals surface area contributed by atoms with Gasteiger partial charge in [0.05, 0.1) is 12.0 Å². The minimum Gasteiger partial charge on any atom is -0.496 e. The van der Waals surface area contributed by atoms with Crippen LogP contribution in [-0.4, -0.2) is 43.5 Å². The summed E-state index contributed by atoms with van der Waals surface area (Å²) in [5.74, 6) is -0.584. The maximum atomic E-state index is 12.7. The van der Waals surface area contributed by atoms with Crippen LogP contribution in [0.2, 0.25) is 0 Å². The van der Waals surface area contributed by atoms with E-state index in [1.54, 1.807) is 0 Å². The average molecular weight is 325 g/mol. The predicted molar refractivity (Wildman–Crippen MR) is 79.6 cm³/mol. The summed E-state index contributed by atoms with van der Waals surface area (Å²) in [4.78, 5) is 11.3. The number of carbonyl (C=O) groups is 1. The SMILES string of the molecule is COc1ccc(S(=O)(=O)N2C[C@H]3CCCC[C@H]32)cc1C(=O)O. The minimum absolute atomic E-state index is 0.0229. The fourth-order valence-electron chi connectivity index (χ4n) is 3.44. The minimum atomic E-state index is -3.64. The van der Waals surface area contributed by atoms with Crippen LogP contribution in [0.15, 0.2) is 23.1 Å². The van der Waals surface area contributed by atoms with Crippen molar-refractivity contribution in [1.82, 2.24) is 4.31 Å². The molecule has 3 rings (SSSR count). The van der Waals surface area contributed by atoms with Crippen LogP contribution in [-0.2, 0) is 10.0 Å². The second kappa shape index (κ2) is 5.55. The monoisotopic (exact) mass is 325 g/mol. The van der Waals surface area contributed by atoms with Crippen molar-refractivity contribution in [3.8, 4) is 5.75 Å². The Morgan fingerprint density at radius 2 is 2.05 bits per heavy atom. The lowest BCUT2D eigenvalue weighted by Gasteiger charge is -2.49. The van der Waals surface area contributed by atoms with Gasteiger partial charge >= 0.3 is 5.97 Å². The third-order valence-electron chi connectivity index (χ3n) is 4.66. The molecule has 2 aliphatic rings. The highest BCUT2D eigenvalue weighted by molar-refractivity contribution is 7.89. The molecule has 1 saturated carbocycles. The van der Waals surface area contributed by atoms with E-state index in [0.29, 0.717) is 12.5 Å². The molecule has 0 amide bonds. The highest BCUT2D eigenvalue weighted by Crippen LogP contribution is 2.41. The van der Waals surface area contributed by atoms with Gasteiger partial charge < -0.3 is 9.84 Å². The summed E-state index contributed by atoms with van der Waals surface area (Å²) in [5, 5.41) is 9.20. The van der Waals surface area contributed by atoms with Gasteiger partial charge in [0.25, 0.3) is 0 Å². The van der Waals surface area contributed by atoms with Gasteiger partial charge in [-0.1, -0.05) is 12.8 Å². The largest absolute Gasteiger partial charge is 0.496 e. The van der Waals surface area contributed by atoms with E-state index in [1.807, 2.05) is 0 Å². The van der Waals surface area contributed by atoms with Crippen LogP contribution in [0.4, 0.5) is 0 Å². The Kier molecular flexibility index (Phi) is 3.86. The number of hydrogen-bond donors (Lipinski definition) is 1. The molecular weight excluding hydrogens is 306 g/mol. The van der Waals surface area contributed by atoms with Gasteiger partial charge in [-0.25, -0.2) is 13.2 Å². The molecule has 22 heavy (non-hydrogen) atoms. The molecule has 1 aromatic rings. The molecule has 0 spiro atoms. The number of benzene rings is 1. The lowest BCUT2D eigenvalue weighted by atomic mass is 9.79. The molecule has 1 aromatic carbocycles. The van der Waals surface area contributed by atoms with Crippen molar-refractivity contribution in [2.75, 3.05) is 13.7 Å². The zero-order valence-electron chi connectivity index (χ0n) is 12.4.